The van der Waals surface area contributed by atoms with Crippen LogP contribution in [0.3, 0.4) is 0 Å². The van der Waals surface area contributed by atoms with E-state index in [-0.39, 0.29) is 35.8 Å². The molecule has 0 saturated heterocycles. The van der Waals surface area contributed by atoms with Gasteiger partial charge in [-0.15, -0.1) is 0 Å². The monoisotopic (exact) mass is 415 g/mol. The fourth-order valence-corrected chi connectivity index (χ4v) is 3.30. The molecule has 0 spiro atoms. The van der Waals surface area contributed by atoms with Gasteiger partial charge in [-0.25, -0.2) is 9.38 Å². The summed E-state index contributed by atoms with van der Waals surface area (Å²) in [6.07, 6.45) is 2.98. The number of esters is 1. The normalized spacial score (nSPS) is 19.7. The number of benzene rings is 1. The van der Waals surface area contributed by atoms with Crippen LogP contribution in [0.5, 0.6) is 5.75 Å². The van der Waals surface area contributed by atoms with Gasteiger partial charge in [0.05, 0.1) is 24.6 Å². The lowest BCUT2D eigenvalue weighted by atomic mass is 9.86. The maximum absolute atomic E-state index is 14.1. The van der Waals surface area contributed by atoms with E-state index in [4.69, 9.17) is 4.74 Å². The fourth-order valence-electron chi connectivity index (χ4n) is 3.30. The summed E-state index contributed by atoms with van der Waals surface area (Å²) in [6, 6.07) is 3.89. The van der Waals surface area contributed by atoms with Crippen LogP contribution in [0.1, 0.15) is 45.1 Å². The van der Waals surface area contributed by atoms with Crippen LogP contribution >= 0.6 is 0 Å². The van der Waals surface area contributed by atoms with Crippen LogP contribution in [0.2, 0.25) is 0 Å². The molecule has 9 heteroatoms. The lowest BCUT2D eigenvalue weighted by molar-refractivity contribution is -0.149. The molecule has 0 amide bonds. The van der Waals surface area contributed by atoms with Crippen LogP contribution in [0.15, 0.2) is 23.2 Å². The number of carbonyl (C=O) groups excluding carboxylic acids is 1. The summed E-state index contributed by atoms with van der Waals surface area (Å²) < 4.78 is 48.7. The predicted octanol–water partition coefficient (Wildman–Crippen LogP) is 3.60. The number of aliphatic imine (C=N–C) groups is 1. The minimum absolute atomic E-state index is 0.0315. The first-order valence-electron chi connectivity index (χ1n) is 9.88. The van der Waals surface area contributed by atoms with Crippen LogP contribution in [0.25, 0.3) is 0 Å². The van der Waals surface area contributed by atoms with Crippen molar-refractivity contribution in [1.29, 1.82) is 0 Å². The van der Waals surface area contributed by atoms with Crippen molar-refractivity contribution in [2.75, 3.05) is 13.2 Å². The number of nitrogens with one attached hydrogen (secondary N) is 2. The van der Waals surface area contributed by atoms with Crippen molar-refractivity contribution < 1.29 is 27.4 Å². The van der Waals surface area contributed by atoms with Crippen molar-refractivity contribution in [3.8, 4) is 5.75 Å². The number of ether oxygens (including phenoxy) is 2. The van der Waals surface area contributed by atoms with Crippen LogP contribution in [-0.2, 0) is 16.1 Å². The highest BCUT2D eigenvalue weighted by molar-refractivity contribution is 5.80. The van der Waals surface area contributed by atoms with Crippen LogP contribution in [0.4, 0.5) is 13.2 Å². The van der Waals surface area contributed by atoms with E-state index in [0.717, 1.165) is 25.7 Å². The highest BCUT2D eigenvalue weighted by Gasteiger charge is 2.27. The molecule has 1 fully saturated rings. The summed E-state index contributed by atoms with van der Waals surface area (Å²) in [5.41, 5.74) is -0.0315. The van der Waals surface area contributed by atoms with Crippen molar-refractivity contribution in [3.05, 3.63) is 29.6 Å². The zero-order valence-corrected chi connectivity index (χ0v) is 16.7. The average Bonchev–Trinajstić information content (AvgIpc) is 2.68. The minimum Gasteiger partial charge on any atom is -0.466 e. The quantitative estimate of drug-likeness (QED) is 0.386. The Labute approximate surface area is 168 Å². The Morgan fingerprint density at radius 2 is 1.97 bits per heavy atom. The lowest BCUT2D eigenvalue weighted by Gasteiger charge is -2.29. The van der Waals surface area contributed by atoms with E-state index in [1.54, 1.807) is 6.92 Å². The highest BCUT2D eigenvalue weighted by atomic mass is 19.3. The second-order valence-electron chi connectivity index (χ2n) is 6.74. The summed E-state index contributed by atoms with van der Waals surface area (Å²) >= 11 is 0. The largest absolute Gasteiger partial charge is 0.466 e. The second kappa shape index (κ2) is 11.5. The van der Waals surface area contributed by atoms with Gasteiger partial charge in [-0.3, -0.25) is 4.79 Å². The van der Waals surface area contributed by atoms with Gasteiger partial charge in [0.1, 0.15) is 11.6 Å². The van der Waals surface area contributed by atoms with Gasteiger partial charge in [0.2, 0.25) is 0 Å². The van der Waals surface area contributed by atoms with E-state index in [9.17, 15) is 18.0 Å². The molecule has 0 aromatic heterocycles. The third kappa shape index (κ3) is 7.14. The Morgan fingerprint density at radius 1 is 1.24 bits per heavy atom. The zero-order chi connectivity index (χ0) is 21.2. The minimum atomic E-state index is -3.04. The molecular formula is C20H28F3N3O3. The Bertz CT molecular complexity index is 693. The maximum atomic E-state index is 14.1. The highest BCUT2D eigenvalue weighted by Crippen LogP contribution is 2.26. The van der Waals surface area contributed by atoms with Gasteiger partial charge in [-0.05, 0) is 51.7 Å². The second-order valence-corrected chi connectivity index (χ2v) is 6.74. The number of alkyl halides is 2. The number of guanidine groups is 1. The molecule has 0 heterocycles. The molecule has 29 heavy (non-hydrogen) atoms. The van der Waals surface area contributed by atoms with Gasteiger partial charge in [0.25, 0.3) is 0 Å². The Morgan fingerprint density at radius 3 is 2.59 bits per heavy atom. The molecule has 6 nitrogen and oxygen atoms in total. The molecule has 1 aromatic rings. The van der Waals surface area contributed by atoms with E-state index in [1.165, 1.54) is 18.2 Å². The fraction of sp³-hybridized carbons (Fsp3) is 0.600. The van der Waals surface area contributed by atoms with Crippen molar-refractivity contribution >= 4 is 11.9 Å². The van der Waals surface area contributed by atoms with E-state index < -0.39 is 12.4 Å². The van der Waals surface area contributed by atoms with E-state index in [0.29, 0.717) is 19.1 Å². The number of halogens is 3. The standard InChI is InChI=1S/C20H28F3N3O3/c1-3-24-20(26-14-10-8-13(9-11-14)18(27)28-4-2)25-12-15-16(21)6-5-7-17(15)29-19(22)23/h5-7,13-14,19H,3-4,8-12H2,1-2H3,(H2,24,25,26). The predicted molar refractivity (Wildman–Crippen MR) is 103 cm³/mol. The summed E-state index contributed by atoms with van der Waals surface area (Å²) in [4.78, 5) is 16.2. The topological polar surface area (TPSA) is 72.0 Å². The van der Waals surface area contributed by atoms with Crippen molar-refractivity contribution in [2.24, 2.45) is 10.9 Å². The maximum Gasteiger partial charge on any atom is 0.387 e. The van der Waals surface area contributed by atoms with Gasteiger partial charge in [-0.1, -0.05) is 6.07 Å². The van der Waals surface area contributed by atoms with E-state index >= 15 is 0 Å². The van der Waals surface area contributed by atoms with E-state index in [1.807, 2.05) is 6.92 Å². The smallest absolute Gasteiger partial charge is 0.387 e. The molecule has 1 aromatic carbocycles. The first-order chi connectivity index (χ1) is 13.9. The van der Waals surface area contributed by atoms with Crippen molar-refractivity contribution in [1.82, 2.24) is 10.6 Å². The Kier molecular flexibility index (Phi) is 9.08. The van der Waals surface area contributed by atoms with E-state index in [2.05, 4.69) is 20.4 Å². The summed E-state index contributed by atoms with van der Waals surface area (Å²) in [5.74, 6) is -0.664. The molecule has 2 N–H and O–H groups in total. The van der Waals surface area contributed by atoms with Crippen molar-refractivity contribution in [3.63, 3.8) is 0 Å². The number of rotatable bonds is 8. The molecule has 0 atom stereocenters. The van der Waals surface area contributed by atoms with Crippen LogP contribution < -0.4 is 15.4 Å². The first kappa shape index (κ1) is 22.8. The molecule has 0 aliphatic heterocycles. The third-order valence-corrected chi connectivity index (χ3v) is 4.72. The molecule has 162 valence electrons. The van der Waals surface area contributed by atoms with Gasteiger partial charge in [0, 0.05) is 12.6 Å². The molecule has 1 aliphatic carbocycles. The lowest BCUT2D eigenvalue weighted by Crippen LogP contribution is -2.45. The third-order valence-electron chi connectivity index (χ3n) is 4.72. The molecule has 0 radical (unpaired) electrons. The molecule has 0 bridgehead atoms. The molecule has 0 unspecified atom stereocenters. The SMILES string of the molecule is CCNC(=NCc1c(F)cccc1OC(F)F)NC1CCC(C(=O)OCC)CC1. The van der Waals surface area contributed by atoms with Gasteiger partial charge in [-0.2, -0.15) is 8.78 Å². The van der Waals surface area contributed by atoms with Crippen LogP contribution in [-0.4, -0.2) is 37.7 Å². The Balaban J connectivity index is 2.00. The summed E-state index contributed by atoms with van der Waals surface area (Å²) in [5, 5.41) is 6.34. The average molecular weight is 415 g/mol. The Hall–Kier alpha value is -2.45. The van der Waals surface area contributed by atoms with Crippen molar-refractivity contribution in [2.45, 2.75) is 58.7 Å². The van der Waals surface area contributed by atoms with Gasteiger partial charge < -0.3 is 20.1 Å². The summed E-state index contributed by atoms with van der Waals surface area (Å²) in [6.45, 7) is 1.45. The molecule has 1 aliphatic rings. The zero-order valence-electron chi connectivity index (χ0n) is 16.7. The van der Waals surface area contributed by atoms with Crippen LogP contribution in [0, 0.1) is 11.7 Å². The van der Waals surface area contributed by atoms with Gasteiger partial charge >= 0.3 is 12.6 Å². The number of carbonyl (C=O) groups is 1. The molecule has 1 saturated carbocycles. The molecular weight excluding hydrogens is 387 g/mol. The summed E-state index contributed by atoms with van der Waals surface area (Å²) in [7, 11) is 0. The first-order valence-corrected chi connectivity index (χ1v) is 9.88. The number of hydrogen-bond donors (Lipinski definition) is 2. The van der Waals surface area contributed by atoms with Gasteiger partial charge in [0.15, 0.2) is 5.96 Å². The molecule has 2 rings (SSSR count). The number of hydrogen-bond acceptors (Lipinski definition) is 4. The number of nitrogens with zero attached hydrogens (tertiary/aromatic N) is 1.